The molecule has 1 saturated heterocycles. The summed E-state index contributed by atoms with van der Waals surface area (Å²) in [5, 5.41) is 11.1. The molecule has 92 valence electrons. The predicted molar refractivity (Wildman–Crippen MR) is 64.3 cm³/mol. The Morgan fingerprint density at radius 2 is 2.28 bits per heavy atom. The van der Waals surface area contributed by atoms with Crippen LogP contribution in [0.3, 0.4) is 0 Å². The summed E-state index contributed by atoms with van der Waals surface area (Å²) in [7, 11) is 0. The third kappa shape index (κ3) is 1.91. The molecule has 0 saturated carbocycles. The third-order valence-corrected chi connectivity index (χ3v) is 3.05. The molecule has 0 aromatic carbocycles. The number of carbonyl (C=O) groups is 1. The van der Waals surface area contributed by atoms with Crippen molar-refractivity contribution in [1.82, 2.24) is 25.3 Å². The Balaban J connectivity index is 1.83. The van der Waals surface area contributed by atoms with Crippen LogP contribution in [0.15, 0.2) is 24.5 Å². The maximum absolute atomic E-state index is 12.1. The minimum Gasteiger partial charge on any atom is -0.312 e. The highest BCUT2D eigenvalue weighted by molar-refractivity contribution is 6.07. The van der Waals surface area contributed by atoms with Gasteiger partial charge in [0.2, 0.25) is 5.78 Å². The summed E-state index contributed by atoms with van der Waals surface area (Å²) in [4.78, 5) is 16.2. The lowest BCUT2D eigenvalue weighted by atomic mass is 10.1. The van der Waals surface area contributed by atoms with Gasteiger partial charge in [-0.2, -0.15) is 0 Å². The molecular formula is C12H13N5O. The topological polar surface area (TPSA) is 72.7 Å². The first-order valence-corrected chi connectivity index (χ1v) is 5.84. The molecular weight excluding hydrogens is 230 g/mol. The number of hydrogen-bond donors (Lipinski definition) is 1. The molecule has 1 aliphatic rings. The minimum absolute atomic E-state index is 0.138. The third-order valence-electron chi connectivity index (χ3n) is 3.05. The molecule has 0 radical (unpaired) electrons. The number of ketones is 1. The second-order valence-corrected chi connectivity index (χ2v) is 4.41. The van der Waals surface area contributed by atoms with Crippen LogP contribution in [0, 0.1) is 6.92 Å². The molecule has 2 aromatic rings. The van der Waals surface area contributed by atoms with Crippen LogP contribution in [0.1, 0.15) is 27.8 Å². The van der Waals surface area contributed by atoms with Gasteiger partial charge in [-0.05, 0) is 19.1 Å². The lowest BCUT2D eigenvalue weighted by molar-refractivity contribution is 0.103. The summed E-state index contributed by atoms with van der Waals surface area (Å²) >= 11 is 0. The standard InChI is InChI=1S/C12H13N5O/c1-8-2-3-9(4-14-8)12(18)11-7-17(16-15-11)10-5-13-6-10/h2-4,7,10,13H,5-6H2,1H3. The van der Waals surface area contributed by atoms with Crippen LogP contribution < -0.4 is 5.32 Å². The Bertz CT molecular complexity index is 570. The van der Waals surface area contributed by atoms with Gasteiger partial charge < -0.3 is 5.32 Å². The van der Waals surface area contributed by atoms with E-state index in [1.54, 1.807) is 23.1 Å². The van der Waals surface area contributed by atoms with Gasteiger partial charge in [0.1, 0.15) is 0 Å². The van der Waals surface area contributed by atoms with Crippen LogP contribution in [0.4, 0.5) is 0 Å². The maximum Gasteiger partial charge on any atom is 0.216 e. The molecule has 18 heavy (non-hydrogen) atoms. The molecule has 0 aliphatic carbocycles. The molecule has 1 N–H and O–H groups in total. The normalized spacial score (nSPS) is 15.4. The van der Waals surface area contributed by atoms with Crippen molar-refractivity contribution in [2.75, 3.05) is 13.1 Å². The zero-order valence-corrected chi connectivity index (χ0v) is 10.00. The fourth-order valence-electron chi connectivity index (χ4n) is 1.77. The number of aromatic nitrogens is 4. The van der Waals surface area contributed by atoms with E-state index in [9.17, 15) is 4.79 Å². The number of carbonyl (C=O) groups excluding carboxylic acids is 1. The number of hydrogen-bond acceptors (Lipinski definition) is 5. The Hall–Kier alpha value is -2.08. The summed E-state index contributed by atoms with van der Waals surface area (Å²) in [6.45, 7) is 3.64. The first-order chi connectivity index (χ1) is 8.74. The Morgan fingerprint density at radius 1 is 1.44 bits per heavy atom. The Labute approximate surface area is 104 Å². The van der Waals surface area contributed by atoms with E-state index in [1.807, 2.05) is 13.0 Å². The zero-order valence-electron chi connectivity index (χ0n) is 10.00. The van der Waals surface area contributed by atoms with Crippen molar-refractivity contribution in [3.63, 3.8) is 0 Å². The lowest BCUT2D eigenvalue weighted by Crippen LogP contribution is -2.43. The zero-order chi connectivity index (χ0) is 12.5. The number of rotatable bonds is 3. The molecule has 6 nitrogen and oxygen atoms in total. The second-order valence-electron chi connectivity index (χ2n) is 4.41. The highest BCUT2D eigenvalue weighted by Gasteiger charge is 2.22. The van der Waals surface area contributed by atoms with Crippen molar-refractivity contribution in [2.45, 2.75) is 13.0 Å². The van der Waals surface area contributed by atoms with E-state index in [-0.39, 0.29) is 5.78 Å². The molecule has 0 amide bonds. The van der Waals surface area contributed by atoms with Gasteiger partial charge in [-0.1, -0.05) is 5.21 Å². The molecule has 1 fully saturated rings. The SMILES string of the molecule is Cc1ccc(C(=O)c2cn(C3CNC3)nn2)cn1. The van der Waals surface area contributed by atoms with Crippen molar-refractivity contribution in [3.05, 3.63) is 41.5 Å². The summed E-state index contributed by atoms with van der Waals surface area (Å²) in [5.41, 5.74) is 1.79. The molecule has 0 spiro atoms. The van der Waals surface area contributed by atoms with Gasteiger partial charge in [-0.15, -0.1) is 5.10 Å². The van der Waals surface area contributed by atoms with Crippen molar-refractivity contribution in [2.24, 2.45) is 0 Å². The fourth-order valence-corrected chi connectivity index (χ4v) is 1.77. The van der Waals surface area contributed by atoms with Gasteiger partial charge in [0.25, 0.3) is 0 Å². The molecule has 0 atom stereocenters. The first-order valence-electron chi connectivity index (χ1n) is 5.84. The van der Waals surface area contributed by atoms with Crippen molar-refractivity contribution in [3.8, 4) is 0 Å². The van der Waals surface area contributed by atoms with Crippen LogP contribution in [0.5, 0.6) is 0 Å². The van der Waals surface area contributed by atoms with E-state index < -0.39 is 0 Å². The van der Waals surface area contributed by atoms with Crippen molar-refractivity contribution < 1.29 is 4.79 Å². The van der Waals surface area contributed by atoms with Crippen molar-refractivity contribution in [1.29, 1.82) is 0 Å². The highest BCUT2D eigenvalue weighted by atomic mass is 16.1. The molecule has 1 aliphatic heterocycles. The second kappa shape index (κ2) is 4.30. The van der Waals surface area contributed by atoms with Crippen LogP contribution >= 0.6 is 0 Å². The number of aryl methyl sites for hydroxylation is 1. The van der Waals surface area contributed by atoms with E-state index in [0.29, 0.717) is 17.3 Å². The highest BCUT2D eigenvalue weighted by Crippen LogP contribution is 2.12. The van der Waals surface area contributed by atoms with E-state index in [1.165, 1.54) is 0 Å². The number of nitrogens with zero attached hydrogens (tertiary/aromatic N) is 4. The fraction of sp³-hybridized carbons (Fsp3) is 0.333. The Kier molecular flexibility index (Phi) is 2.64. The van der Waals surface area contributed by atoms with Gasteiger partial charge in [0.05, 0.1) is 12.2 Å². The summed E-state index contributed by atoms with van der Waals surface area (Å²) in [6.07, 6.45) is 3.27. The van der Waals surface area contributed by atoms with E-state index in [2.05, 4.69) is 20.6 Å². The first kappa shape index (κ1) is 11.0. The van der Waals surface area contributed by atoms with Crippen molar-refractivity contribution >= 4 is 5.78 Å². The Morgan fingerprint density at radius 3 is 2.89 bits per heavy atom. The van der Waals surface area contributed by atoms with Crippen LogP contribution in [-0.4, -0.2) is 38.9 Å². The van der Waals surface area contributed by atoms with Gasteiger partial charge >= 0.3 is 0 Å². The van der Waals surface area contributed by atoms with Gasteiger partial charge in [0.15, 0.2) is 5.69 Å². The molecule has 6 heteroatoms. The molecule has 0 bridgehead atoms. The minimum atomic E-state index is -0.138. The lowest BCUT2D eigenvalue weighted by Gasteiger charge is -2.26. The number of pyridine rings is 1. The van der Waals surface area contributed by atoms with E-state index in [0.717, 1.165) is 18.8 Å². The van der Waals surface area contributed by atoms with E-state index >= 15 is 0 Å². The summed E-state index contributed by atoms with van der Waals surface area (Å²) < 4.78 is 1.74. The summed E-state index contributed by atoms with van der Waals surface area (Å²) in [6, 6.07) is 3.89. The summed E-state index contributed by atoms with van der Waals surface area (Å²) in [5.74, 6) is -0.138. The van der Waals surface area contributed by atoms with Gasteiger partial charge in [-0.3, -0.25) is 9.78 Å². The van der Waals surface area contributed by atoms with Crippen LogP contribution in [-0.2, 0) is 0 Å². The van der Waals surface area contributed by atoms with E-state index in [4.69, 9.17) is 0 Å². The van der Waals surface area contributed by atoms with Crippen LogP contribution in [0.25, 0.3) is 0 Å². The smallest absolute Gasteiger partial charge is 0.216 e. The molecule has 2 aromatic heterocycles. The van der Waals surface area contributed by atoms with Crippen LogP contribution in [0.2, 0.25) is 0 Å². The average molecular weight is 243 g/mol. The number of nitrogens with one attached hydrogen (secondary N) is 1. The van der Waals surface area contributed by atoms with Gasteiger partial charge in [0, 0.05) is 30.5 Å². The predicted octanol–water partition coefficient (Wildman–Crippen LogP) is 0.357. The molecule has 3 rings (SSSR count). The van der Waals surface area contributed by atoms with Gasteiger partial charge in [-0.25, -0.2) is 4.68 Å². The molecule has 0 unspecified atom stereocenters. The average Bonchev–Trinajstić information content (AvgIpc) is 2.76. The quantitative estimate of drug-likeness (QED) is 0.788. The largest absolute Gasteiger partial charge is 0.312 e. The maximum atomic E-state index is 12.1. The monoisotopic (exact) mass is 243 g/mol. The molecule has 3 heterocycles.